The Hall–Kier alpha value is -0.830. The van der Waals surface area contributed by atoms with Crippen molar-refractivity contribution in [1.82, 2.24) is 0 Å². The van der Waals surface area contributed by atoms with Crippen LogP contribution in [0.25, 0.3) is 0 Å². The van der Waals surface area contributed by atoms with Gasteiger partial charge < -0.3 is 0 Å². The topological polar surface area (TPSA) is 34.1 Å². The van der Waals surface area contributed by atoms with Gasteiger partial charge in [0.2, 0.25) is 0 Å². The van der Waals surface area contributed by atoms with Crippen LogP contribution in [0.2, 0.25) is 0 Å². The van der Waals surface area contributed by atoms with E-state index in [1.165, 1.54) is 11.1 Å². The molecule has 1 aromatic rings. The van der Waals surface area contributed by atoms with Gasteiger partial charge in [0.25, 0.3) is 0 Å². The molecule has 0 bridgehead atoms. The minimum absolute atomic E-state index is 0.375. The summed E-state index contributed by atoms with van der Waals surface area (Å²) in [6.45, 7) is 4.39. The van der Waals surface area contributed by atoms with E-state index in [9.17, 15) is 8.42 Å². The summed E-state index contributed by atoms with van der Waals surface area (Å²) in [5.74, 6) is 1.74. The summed E-state index contributed by atoms with van der Waals surface area (Å²) in [5, 5.41) is 0. The summed E-state index contributed by atoms with van der Waals surface area (Å²) >= 11 is 0. The SMILES string of the molecule is CC(C)c1ccc(CCC2CCS(=O)(=O)C2)cc1. The van der Waals surface area contributed by atoms with Crippen molar-refractivity contribution >= 4 is 9.84 Å². The van der Waals surface area contributed by atoms with Crippen LogP contribution in [-0.4, -0.2) is 19.9 Å². The zero-order valence-corrected chi connectivity index (χ0v) is 12.0. The fourth-order valence-corrected chi connectivity index (χ4v) is 4.45. The van der Waals surface area contributed by atoms with Crippen molar-refractivity contribution in [3.05, 3.63) is 35.4 Å². The molecule has 1 atom stereocenters. The second-order valence-corrected chi connectivity index (χ2v) is 7.93. The van der Waals surface area contributed by atoms with Crippen molar-refractivity contribution < 1.29 is 8.42 Å². The Labute approximate surface area is 110 Å². The quantitative estimate of drug-likeness (QED) is 0.839. The molecule has 1 heterocycles. The lowest BCUT2D eigenvalue weighted by Gasteiger charge is -2.09. The van der Waals surface area contributed by atoms with E-state index in [4.69, 9.17) is 0 Å². The number of rotatable bonds is 4. The molecule has 1 fully saturated rings. The Balaban J connectivity index is 1.87. The van der Waals surface area contributed by atoms with Gasteiger partial charge in [-0.2, -0.15) is 0 Å². The molecule has 1 unspecified atom stereocenters. The van der Waals surface area contributed by atoms with Crippen molar-refractivity contribution in [1.29, 1.82) is 0 Å². The van der Waals surface area contributed by atoms with E-state index >= 15 is 0 Å². The molecular formula is C15H22O2S. The molecule has 0 radical (unpaired) electrons. The number of aryl methyl sites for hydroxylation is 1. The molecule has 0 spiro atoms. The van der Waals surface area contributed by atoms with E-state index in [0.29, 0.717) is 23.3 Å². The van der Waals surface area contributed by atoms with Crippen LogP contribution in [-0.2, 0) is 16.3 Å². The molecule has 1 aliphatic heterocycles. The fourth-order valence-electron chi connectivity index (χ4n) is 2.54. The molecule has 0 aliphatic carbocycles. The van der Waals surface area contributed by atoms with E-state index in [1.54, 1.807) is 0 Å². The first-order chi connectivity index (χ1) is 8.46. The number of hydrogen-bond donors (Lipinski definition) is 0. The van der Waals surface area contributed by atoms with Crippen molar-refractivity contribution in [2.45, 2.75) is 39.0 Å². The minimum atomic E-state index is -2.72. The molecule has 0 amide bonds. The molecule has 0 aromatic heterocycles. The number of sulfone groups is 1. The van der Waals surface area contributed by atoms with Crippen LogP contribution < -0.4 is 0 Å². The largest absolute Gasteiger partial charge is 0.229 e. The predicted molar refractivity (Wildman–Crippen MR) is 75.6 cm³/mol. The second-order valence-electron chi connectivity index (χ2n) is 5.70. The number of hydrogen-bond acceptors (Lipinski definition) is 2. The minimum Gasteiger partial charge on any atom is -0.229 e. The highest BCUT2D eigenvalue weighted by molar-refractivity contribution is 7.91. The highest BCUT2D eigenvalue weighted by atomic mass is 32.2. The van der Waals surface area contributed by atoms with Gasteiger partial charge in [0.05, 0.1) is 11.5 Å². The van der Waals surface area contributed by atoms with Crippen LogP contribution in [0.4, 0.5) is 0 Å². The van der Waals surface area contributed by atoms with Crippen LogP contribution in [0.1, 0.15) is 43.7 Å². The zero-order valence-electron chi connectivity index (χ0n) is 11.2. The molecule has 18 heavy (non-hydrogen) atoms. The van der Waals surface area contributed by atoms with Gasteiger partial charge in [0.15, 0.2) is 9.84 Å². The third-order valence-corrected chi connectivity index (χ3v) is 5.65. The molecule has 100 valence electrons. The maximum atomic E-state index is 11.4. The Morgan fingerprint density at radius 1 is 1.22 bits per heavy atom. The maximum Gasteiger partial charge on any atom is 0.150 e. The van der Waals surface area contributed by atoms with Crippen LogP contribution in [0, 0.1) is 5.92 Å². The van der Waals surface area contributed by atoms with Gasteiger partial charge in [0.1, 0.15) is 0 Å². The first-order valence-electron chi connectivity index (χ1n) is 6.75. The predicted octanol–water partition coefficient (Wildman–Crippen LogP) is 3.18. The molecule has 1 aliphatic rings. The standard InChI is InChI=1S/C15H22O2S/c1-12(2)15-7-5-13(6-8-15)3-4-14-9-10-18(16,17)11-14/h5-8,12,14H,3-4,9-11H2,1-2H3. The van der Waals surface area contributed by atoms with Crippen molar-refractivity contribution in [2.75, 3.05) is 11.5 Å². The van der Waals surface area contributed by atoms with Crippen molar-refractivity contribution in [2.24, 2.45) is 5.92 Å². The first-order valence-corrected chi connectivity index (χ1v) is 8.58. The summed E-state index contributed by atoms with van der Waals surface area (Å²) in [4.78, 5) is 0. The molecule has 2 nitrogen and oxygen atoms in total. The fraction of sp³-hybridized carbons (Fsp3) is 0.600. The molecular weight excluding hydrogens is 244 g/mol. The lowest BCUT2D eigenvalue weighted by molar-refractivity contribution is 0.542. The van der Waals surface area contributed by atoms with Crippen LogP contribution in [0.15, 0.2) is 24.3 Å². The summed E-state index contributed by atoms with van der Waals surface area (Å²) in [7, 11) is -2.72. The van der Waals surface area contributed by atoms with E-state index in [1.807, 2.05) is 0 Å². The molecule has 0 saturated carbocycles. The van der Waals surface area contributed by atoms with Crippen molar-refractivity contribution in [3.63, 3.8) is 0 Å². The summed E-state index contributed by atoms with van der Waals surface area (Å²) < 4.78 is 22.7. The van der Waals surface area contributed by atoms with Gasteiger partial charge in [0, 0.05) is 0 Å². The Kier molecular flexibility index (Phi) is 4.10. The lowest BCUT2D eigenvalue weighted by Crippen LogP contribution is -2.05. The van der Waals surface area contributed by atoms with E-state index < -0.39 is 9.84 Å². The van der Waals surface area contributed by atoms with Gasteiger partial charge in [-0.1, -0.05) is 38.1 Å². The molecule has 0 N–H and O–H groups in total. The van der Waals surface area contributed by atoms with E-state index in [-0.39, 0.29) is 0 Å². The first kappa shape index (κ1) is 13.6. The van der Waals surface area contributed by atoms with Gasteiger partial charge in [-0.05, 0) is 42.2 Å². The molecule has 3 heteroatoms. The molecule has 2 rings (SSSR count). The Morgan fingerprint density at radius 2 is 1.89 bits per heavy atom. The Bertz CT molecular complexity index is 486. The van der Waals surface area contributed by atoms with E-state index in [2.05, 4.69) is 38.1 Å². The third-order valence-electron chi connectivity index (χ3n) is 3.81. The molecule has 1 aromatic carbocycles. The zero-order chi connectivity index (χ0) is 13.2. The average molecular weight is 266 g/mol. The summed E-state index contributed by atoms with van der Waals surface area (Å²) in [6, 6.07) is 8.73. The lowest BCUT2D eigenvalue weighted by atomic mass is 9.96. The second kappa shape index (κ2) is 5.43. The summed E-state index contributed by atoms with van der Waals surface area (Å²) in [5.41, 5.74) is 2.69. The smallest absolute Gasteiger partial charge is 0.150 e. The summed E-state index contributed by atoms with van der Waals surface area (Å²) in [6.07, 6.45) is 2.85. The highest BCUT2D eigenvalue weighted by Crippen LogP contribution is 2.23. The van der Waals surface area contributed by atoms with Crippen molar-refractivity contribution in [3.8, 4) is 0 Å². The van der Waals surface area contributed by atoms with Gasteiger partial charge in [-0.3, -0.25) is 0 Å². The van der Waals surface area contributed by atoms with Crippen LogP contribution in [0.5, 0.6) is 0 Å². The van der Waals surface area contributed by atoms with Gasteiger partial charge >= 0.3 is 0 Å². The van der Waals surface area contributed by atoms with Gasteiger partial charge in [-0.15, -0.1) is 0 Å². The average Bonchev–Trinajstić information content (AvgIpc) is 2.67. The number of benzene rings is 1. The molecule has 1 saturated heterocycles. The highest BCUT2D eigenvalue weighted by Gasteiger charge is 2.27. The third kappa shape index (κ3) is 3.58. The Morgan fingerprint density at radius 3 is 2.39 bits per heavy atom. The van der Waals surface area contributed by atoms with Crippen LogP contribution >= 0.6 is 0 Å². The normalized spacial score (nSPS) is 22.5. The van der Waals surface area contributed by atoms with E-state index in [0.717, 1.165) is 19.3 Å². The van der Waals surface area contributed by atoms with Gasteiger partial charge in [-0.25, -0.2) is 8.42 Å². The van der Waals surface area contributed by atoms with Crippen LogP contribution in [0.3, 0.4) is 0 Å². The maximum absolute atomic E-state index is 11.4. The monoisotopic (exact) mass is 266 g/mol.